The number of nitrogens with one attached hydrogen (secondary N) is 1. The molecule has 5 heteroatoms. The molecule has 1 unspecified atom stereocenters. The van der Waals surface area contributed by atoms with Crippen molar-refractivity contribution in [2.24, 2.45) is 0 Å². The van der Waals surface area contributed by atoms with Gasteiger partial charge in [0.2, 0.25) is 0 Å². The summed E-state index contributed by atoms with van der Waals surface area (Å²) in [4.78, 5) is 11.2. The predicted molar refractivity (Wildman–Crippen MR) is 79.5 cm³/mol. The molecule has 0 heterocycles. The summed E-state index contributed by atoms with van der Waals surface area (Å²) in [5, 5.41) is 12.3. The second kappa shape index (κ2) is 6.05. The van der Waals surface area contributed by atoms with Crippen molar-refractivity contribution in [1.82, 2.24) is 0 Å². The second-order valence-electron chi connectivity index (χ2n) is 4.42. The average molecular weight is 338 g/mol. The van der Waals surface area contributed by atoms with Crippen LogP contribution in [0.2, 0.25) is 0 Å². The van der Waals surface area contributed by atoms with Crippen LogP contribution >= 0.6 is 15.9 Å². The number of anilines is 1. The van der Waals surface area contributed by atoms with Gasteiger partial charge in [0.25, 0.3) is 0 Å². The van der Waals surface area contributed by atoms with E-state index in [1.165, 1.54) is 18.2 Å². The Morgan fingerprint density at radius 2 is 2.05 bits per heavy atom. The maximum absolute atomic E-state index is 13.2. The highest BCUT2D eigenvalue weighted by atomic mass is 79.9. The van der Waals surface area contributed by atoms with Gasteiger partial charge in [0, 0.05) is 16.2 Å². The fourth-order valence-electron chi connectivity index (χ4n) is 1.91. The van der Waals surface area contributed by atoms with Gasteiger partial charge >= 0.3 is 5.97 Å². The predicted octanol–water partition coefficient (Wildman–Crippen LogP) is 4.46. The molecule has 0 bridgehead atoms. The van der Waals surface area contributed by atoms with Gasteiger partial charge in [-0.05, 0) is 42.8 Å². The van der Waals surface area contributed by atoms with Crippen LogP contribution in [0.3, 0.4) is 0 Å². The molecule has 1 atom stereocenters. The van der Waals surface area contributed by atoms with E-state index in [4.69, 9.17) is 0 Å². The van der Waals surface area contributed by atoms with Crippen molar-refractivity contribution in [3.63, 3.8) is 0 Å². The Hall–Kier alpha value is -1.88. The zero-order valence-corrected chi connectivity index (χ0v) is 12.3. The van der Waals surface area contributed by atoms with Gasteiger partial charge in [0.05, 0.1) is 5.56 Å². The van der Waals surface area contributed by atoms with Gasteiger partial charge in [-0.3, -0.25) is 0 Å². The van der Waals surface area contributed by atoms with Crippen LogP contribution in [-0.4, -0.2) is 11.1 Å². The molecule has 0 radical (unpaired) electrons. The molecule has 0 aliphatic rings. The molecule has 0 amide bonds. The molecule has 0 fully saturated rings. The smallest absolute Gasteiger partial charge is 0.337 e. The van der Waals surface area contributed by atoms with Crippen LogP contribution in [0.1, 0.15) is 28.9 Å². The minimum atomic E-state index is -1.01. The highest BCUT2D eigenvalue weighted by Crippen LogP contribution is 2.25. The Morgan fingerprint density at radius 3 is 2.70 bits per heavy atom. The summed E-state index contributed by atoms with van der Waals surface area (Å²) in [5.74, 6) is -1.33. The number of aromatic carboxylic acids is 1. The SMILES string of the molecule is CC(Nc1ccc(Br)cc1C(=O)O)c1cccc(F)c1. The minimum absolute atomic E-state index is 0.169. The molecule has 0 saturated heterocycles. The Morgan fingerprint density at radius 1 is 1.30 bits per heavy atom. The summed E-state index contributed by atoms with van der Waals surface area (Å²) in [5.41, 5.74) is 1.42. The van der Waals surface area contributed by atoms with Crippen LogP contribution in [0.4, 0.5) is 10.1 Å². The topological polar surface area (TPSA) is 49.3 Å². The molecule has 2 rings (SSSR count). The molecule has 3 nitrogen and oxygen atoms in total. The number of rotatable bonds is 4. The van der Waals surface area contributed by atoms with Crippen LogP contribution in [0.5, 0.6) is 0 Å². The van der Waals surface area contributed by atoms with Gasteiger partial charge in [-0.1, -0.05) is 28.1 Å². The summed E-state index contributed by atoms with van der Waals surface area (Å²) < 4.78 is 13.9. The van der Waals surface area contributed by atoms with E-state index in [1.807, 2.05) is 6.92 Å². The van der Waals surface area contributed by atoms with E-state index in [1.54, 1.807) is 24.3 Å². The number of benzene rings is 2. The maximum atomic E-state index is 13.2. The summed E-state index contributed by atoms with van der Waals surface area (Å²) in [7, 11) is 0. The first-order valence-electron chi connectivity index (χ1n) is 6.02. The van der Waals surface area contributed by atoms with Crippen molar-refractivity contribution < 1.29 is 14.3 Å². The molecule has 104 valence electrons. The van der Waals surface area contributed by atoms with Gasteiger partial charge in [-0.25, -0.2) is 9.18 Å². The van der Waals surface area contributed by atoms with Crippen molar-refractivity contribution >= 4 is 27.6 Å². The third kappa shape index (κ3) is 3.36. The van der Waals surface area contributed by atoms with Crippen LogP contribution < -0.4 is 5.32 Å². The van der Waals surface area contributed by atoms with Gasteiger partial charge in [0.15, 0.2) is 0 Å². The van der Waals surface area contributed by atoms with Crippen LogP contribution in [0, 0.1) is 5.82 Å². The molecule has 20 heavy (non-hydrogen) atoms. The molecule has 2 aromatic carbocycles. The number of hydrogen-bond acceptors (Lipinski definition) is 2. The summed E-state index contributed by atoms with van der Waals surface area (Å²) >= 11 is 3.24. The van der Waals surface area contributed by atoms with Crippen molar-refractivity contribution in [2.75, 3.05) is 5.32 Å². The third-order valence-corrected chi connectivity index (χ3v) is 3.43. The fraction of sp³-hybridized carbons (Fsp3) is 0.133. The van der Waals surface area contributed by atoms with Crippen LogP contribution in [-0.2, 0) is 0 Å². The Kier molecular flexibility index (Phi) is 4.39. The quantitative estimate of drug-likeness (QED) is 0.865. The van der Waals surface area contributed by atoms with E-state index in [0.717, 1.165) is 5.56 Å². The molecule has 2 aromatic rings. The van der Waals surface area contributed by atoms with E-state index >= 15 is 0 Å². The third-order valence-electron chi connectivity index (χ3n) is 2.93. The molecule has 2 N–H and O–H groups in total. The van der Waals surface area contributed by atoms with Crippen LogP contribution in [0.15, 0.2) is 46.9 Å². The standard InChI is InChI=1S/C15H13BrFNO2/c1-9(10-3-2-4-12(17)7-10)18-14-6-5-11(16)8-13(14)15(19)20/h2-9,18H,1H3,(H,19,20). The number of carboxylic acid groups (broad SMARTS) is 1. The highest BCUT2D eigenvalue weighted by Gasteiger charge is 2.13. The lowest BCUT2D eigenvalue weighted by molar-refractivity contribution is 0.0698. The lowest BCUT2D eigenvalue weighted by atomic mass is 10.1. The maximum Gasteiger partial charge on any atom is 0.337 e. The number of carbonyl (C=O) groups is 1. The monoisotopic (exact) mass is 337 g/mol. The fourth-order valence-corrected chi connectivity index (χ4v) is 2.27. The molecular formula is C15H13BrFNO2. The Labute approximate surface area is 124 Å². The lowest BCUT2D eigenvalue weighted by Gasteiger charge is -2.17. The van der Waals surface area contributed by atoms with E-state index in [2.05, 4.69) is 21.2 Å². The molecule has 0 aliphatic heterocycles. The summed E-state index contributed by atoms with van der Waals surface area (Å²) in [6.07, 6.45) is 0. The Balaban J connectivity index is 2.28. The number of halogens is 2. The Bertz CT molecular complexity index is 646. The van der Waals surface area contributed by atoms with E-state index < -0.39 is 5.97 Å². The molecule has 0 aromatic heterocycles. The second-order valence-corrected chi connectivity index (χ2v) is 5.33. The first kappa shape index (κ1) is 14.5. The van der Waals surface area contributed by atoms with E-state index in [0.29, 0.717) is 10.2 Å². The summed E-state index contributed by atoms with van der Waals surface area (Å²) in [6, 6.07) is 11.0. The van der Waals surface area contributed by atoms with Crippen molar-refractivity contribution in [2.45, 2.75) is 13.0 Å². The first-order chi connectivity index (χ1) is 9.47. The molecular weight excluding hydrogens is 325 g/mol. The van der Waals surface area contributed by atoms with E-state index in [9.17, 15) is 14.3 Å². The zero-order valence-electron chi connectivity index (χ0n) is 10.7. The lowest BCUT2D eigenvalue weighted by Crippen LogP contribution is -2.11. The van der Waals surface area contributed by atoms with Gasteiger partial charge in [-0.2, -0.15) is 0 Å². The minimum Gasteiger partial charge on any atom is -0.478 e. The van der Waals surface area contributed by atoms with Crippen molar-refractivity contribution in [1.29, 1.82) is 0 Å². The molecule has 0 spiro atoms. The normalized spacial score (nSPS) is 11.9. The van der Waals surface area contributed by atoms with Gasteiger partial charge < -0.3 is 10.4 Å². The van der Waals surface area contributed by atoms with Gasteiger partial charge in [0.1, 0.15) is 5.82 Å². The largest absolute Gasteiger partial charge is 0.478 e. The summed E-state index contributed by atoms with van der Waals surface area (Å²) in [6.45, 7) is 1.85. The molecule has 0 saturated carbocycles. The molecule has 0 aliphatic carbocycles. The van der Waals surface area contributed by atoms with Crippen molar-refractivity contribution in [3.8, 4) is 0 Å². The number of hydrogen-bond donors (Lipinski definition) is 2. The number of carboxylic acids is 1. The van der Waals surface area contributed by atoms with E-state index in [-0.39, 0.29) is 17.4 Å². The highest BCUT2D eigenvalue weighted by molar-refractivity contribution is 9.10. The first-order valence-corrected chi connectivity index (χ1v) is 6.81. The average Bonchev–Trinajstić information content (AvgIpc) is 2.40. The van der Waals surface area contributed by atoms with Crippen molar-refractivity contribution in [3.05, 3.63) is 63.9 Å². The zero-order chi connectivity index (χ0) is 14.7. The van der Waals surface area contributed by atoms with Gasteiger partial charge in [-0.15, -0.1) is 0 Å². The van der Waals surface area contributed by atoms with Crippen LogP contribution in [0.25, 0.3) is 0 Å².